The van der Waals surface area contributed by atoms with E-state index in [2.05, 4.69) is 10.3 Å². The SMILES string of the molecule is COc1cc(-c2c(CO)nnn2CC#N)cc(OC)c1OC. The number of aliphatic hydroxyl groups excluding tert-OH is 1. The predicted octanol–water partition coefficient (Wildman–Crippen LogP) is 0.987. The Morgan fingerprint density at radius 2 is 1.82 bits per heavy atom. The summed E-state index contributed by atoms with van der Waals surface area (Å²) >= 11 is 0. The number of methoxy groups -OCH3 is 3. The summed E-state index contributed by atoms with van der Waals surface area (Å²) in [5.74, 6) is 1.38. The molecule has 0 aliphatic carbocycles. The zero-order valence-electron chi connectivity index (χ0n) is 12.5. The van der Waals surface area contributed by atoms with Gasteiger partial charge in [0.25, 0.3) is 0 Å². The molecule has 0 saturated carbocycles. The van der Waals surface area contributed by atoms with Crippen LogP contribution in [-0.4, -0.2) is 41.4 Å². The van der Waals surface area contributed by atoms with Crippen LogP contribution in [0.1, 0.15) is 5.69 Å². The van der Waals surface area contributed by atoms with Gasteiger partial charge in [-0.2, -0.15) is 5.26 Å². The minimum absolute atomic E-state index is 0.0129. The summed E-state index contributed by atoms with van der Waals surface area (Å²) in [6.07, 6.45) is 0. The number of nitriles is 1. The number of benzene rings is 1. The molecule has 0 unspecified atom stereocenters. The number of hydrogen-bond acceptors (Lipinski definition) is 7. The van der Waals surface area contributed by atoms with Crippen LogP contribution in [0, 0.1) is 11.3 Å². The molecule has 22 heavy (non-hydrogen) atoms. The molecule has 8 nitrogen and oxygen atoms in total. The first-order valence-corrected chi connectivity index (χ1v) is 6.40. The van der Waals surface area contributed by atoms with Gasteiger partial charge in [0.15, 0.2) is 11.5 Å². The summed E-state index contributed by atoms with van der Waals surface area (Å²) in [6, 6.07) is 5.43. The molecule has 2 rings (SSSR count). The normalized spacial score (nSPS) is 10.1. The molecule has 0 fully saturated rings. The van der Waals surface area contributed by atoms with E-state index in [1.165, 1.54) is 26.0 Å². The average Bonchev–Trinajstić information content (AvgIpc) is 2.96. The lowest BCUT2D eigenvalue weighted by atomic mass is 10.1. The summed E-state index contributed by atoms with van der Waals surface area (Å²) in [5, 5.41) is 26.1. The lowest BCUT2D eigenvalue weighted by Crippen LogP contribution is -2.03. The molecule has 0 amide bonds. The van der Waals surface area contributed by atoms with Crippen molar-refractivity contribution in [2.24, 2.45) is 0 Å². The zero-order valence-corrected chi connectivity index (χ0v) is 12.5. The van der Waals surface area contributed by atoms with Crippen LogP contribution in [-0.2, 0) is 13.2 Å². The number of hydrogen-bond donors (Lipinski definition) is 1. The van der Waals surface area contributed by atoms with E-state index in [9.17, 15) is 5.11 Å². The average molecular weight is 304 g/mol. The molecule has 0 saturated heterocycles. The van der Waals surface area contributed by atoms with Gasteiger partial charge in [-0.1, -0.05) is 5.21 Å². The third-order valence-corrected chi connectivity index (χ3v) is 3.11. The van der Waals surface area contributed by atoms with Gasteiger partial charge < -0.3 is 19.3 Å². The van der Waals surface area contributed by atoms with Crippen molar-refractivity contribution in [2.45, 2.75) is 13.2 Å². The second kappa shape index (κ2) is 6.78. The summed E-state index contributed by atoms with van der Waals surface area (Å²) in [7, 11) is 4.54. The van der Waals surface area contributed by atoms with Crippen LogP contribution in [0.4, 0.5) is 0 Å². The van der Waals surface area contributed by atoms with Gasteiger partial charge in [-0.3, -0.25) is 0 Å². The summed E-state index contributed by atoms with van der Waals surface area (Å²) < 4.78 is 17.3. The molecule has 1 N–H and O–H groups in total. The third kappa shape index (κ3) is 2.66. The Morgan fingerprint density at radius 1 is 1.18 bits per heavy atom. The smallest absolute Gasteiger partial charge is 0.203 e. The maximum Gasteiger partial charge on any atom is 0.203 e. The summed E-state index contributed by atoms with van der Waals surface area (Å²) in [5.41, 5.74) is 1.55. The van der Waals surface area contributed by atoms with E-state index >= 15 is 0 Å². The molecule has 0 spiro atoms. The Balaban J connectivity index is 2.67. The highest BCUT2D eigenvalue weighted by molar-refractivity contribution is 5.70. The van der Waals surface area contributed by atoms with E-state index in [-0.39, 0.29) is 13.2 Å². The van der Waals surface area contributed by atoms with Crippen LogP contribution in [0.3, 0.4) is 0 Å². The lowest BCUT2D eigenvalue weighted by Gasteiger charge is -2.14. The minimum Gasteiger partial charge on any atom is -0.493 e. The molecule has 8 heteroatoms. The van der Waals surface area contributed by atoms with Crippen molar-refractivity contribution in [3.05, 3.63) is 17.8 Å². The number of aliphatic hydroxyl groups is 1. The lowest BCUT2D eigenvalue weighted by molar-refractivity contribution is 0.277. The second-order valence-electron chi connectivity index (χ2n) is 4.27. The predicted molar refractivity (Wildman–Crippen MR) is 76.6 cm³/mol. The molecule has 0 bridgehead atoms. The molecule has 0 aliphatic heterocycles. The van der Waals surface area contributed by atoms with E-state index in [4.69, 9.17) is 19.5 Å². The van der Waals surface area contributed by atoms with E-state index in [1.807, 2.05) is 6.07 Å². The maximum atomic E-state index is 9.43. The Hall–Kier alpha value is -2.79. The minimum atomic E-state index is -0.294. The highest BCUT2D eigenvalue weighted by Crippen LogP contribution is 2.41. The van der Waals surface area contributed by atoms with Gasteiger partial charge in [-0.05, 0) is 12.1 Å². The van der Waals surface area contributed by atoms with E-state index in [0.29, 0.717) is 34.2 Å². The van der Waals surface area contributed by atoms with Gasteiger partial charge in [0, 0.05) is 5.56 Å². The van der Waals surface area contributed by atoms with E-state index in [0.717, 1.165) is 0 Å². The van der Waals surface area contributed by atoms with E-state index in [1.54, 1.807) is 12.1 Å². The summed E-state index contributed by atoms with van der Waals surface area (Å²) in [6.45, 7) is -0.281. The monoisotopic (exact) mass is 304 g/mol. The fraction of sp³-hybridized carbons (Fsp3) is 0.357. The molecule has 116 valence electrons. The number of aromatic nitrogens is 3. The topological polar surface area (TPSA) is 102 Å². The van der Waals surface area contributed by atoms with Gasteiger partial charge in [0.1, 0.15) is 12.2 Å². The van der Waals surface area contributed by atoms with Crippen molar-refractivity contribution >= 4 is 0 Å². The van der Waals surface area contributed by atoms with Crippen LogP contribution in [0.25, 0.3) is 11.3 Å². The first-order valence-electron chi connectivity index (χ1n) is 6.40. The van der Waals surface area contributed by atoms with Crippen LogP contribution < -0.4 is 14.2 Å². The van der Waals surface area contributed by atoms with Crippen molar-refractivity contribution in [1.82, 2.24) is 15.0 Å². The van der Waals surface area contributed by atoms with Crippen molar-refractivity contribution in [1.29, 1.82) is 5.26 Å². The molecular formula is C14H16N4O4. The standard InChI is InChI=1S/C14H16N4O4/c1-20-11-6-9(7-12(21-2)14(11)22-3)13-10(8-19)16-17-18(13)5-4-15/h6-7,19H,5,8H2,1-3H3. The highest BCUT2D eigenvalue weighted by Gasteiger charge is 2.20. The molecule has 1 aromatic carbocycles. The molecular weight excluding hydrogens is 288 g/mol. The maximum absolute atomic E-state index is 9.43. The van der Waals surface area contributed by atoms with Crippen LogP contribution in [0.5, 0.6) is 17.2 Å². The first-order chi connectivity index (χ1) is 10.7. The Morgan fingerprint density at radius 3 is 2.27 bits per heavy atom. The quantitative estimate of drug-likeness (QED) is 0.848. The van der Waals surface area contributed by atoms with Gasteiger partial charge >= 0.3 is 0 Å². The third-order valence-electron chi connectivity index (χ3n) is 3.11. The van der Waals surface area contributed by atoms with Crippen molar-refractivity contribution in [3.63, 3.8) is 0 Å². The van der Waals surface area contributed by atoms with Crippen LogP contribution in [0.15, 0.2) is 12.1 Å². The fourth-order valence-electron chi connectivity index (χ4n) is 2.17. The number of nitrogens with zero attached hydrogens (tertiary/aromatic N) is 4. The van der Waals surface area contributed by atoms with Crippen molar-refractivity contribution in [2.75, 3.05) is 21.3 Å². The van der Waals surface area contributed by atoms with Gasteiger partial charge in [-0.25, -0.2) is 4.68 Å². The Kier molecular flexibility index (Phi) is 4.80. The molecule has 0 atom stereocenters. The molecule has 1 aromatic heterocycles. The molecule has 0 aliphatic rings. The van der Waals surface area contributed by atoms with Gasteiger partial charge in [0.05, 0.1) is 39.7 Å². The van der Waals surface area contributed by atoms with Crippen molar-refractivity contribution < 1.29 is 19.3 Å². The summed E-state index contributed by atoms with van der Waals surface area (Å²) in [4.78, 5) is 0. The first kappa shape index (κ1) is 15.6. The second-order valence-corrected chi connectivity index (χ2v) is 4.27. The molecule has 0 radical (unpaired) electrons. The molecule has 2 aromatic rings. The number of ether oxygens (including phenoxy) is 3. The van der Waals surface area contributed by atoms with Gasteiger partial charge in [0.2, 0.25) is 5.75 Å². The fourth-order valence-corrected chi connectivity index (χ4v) is 2.17. The highest BCUT2D eigenvalue weighted by atomic mass is 16.5. The zero-order chi connectivity index (χ0) is 16.1. The molecule has 1 heterocycles. The van der Waals surface area contributed by atoms with Crippen LogP contribution in [0.2, 0.25) is 0 Å². The van der Waals surface area contributed by atoms with Crippen LogP contribution >= 0.6 is 0 Å². The van der Waals surface area contributed by atoms with Gasteiger partial charge in [-0.15, -0.1) is 5.10 Å². The Labute approximate surface area is 127 Å². The largest absolute Gasteiger partial charge is 0.493 e. The van der Waals surface area contributed by atoms with E-state index < -0.39 is 0 Å². The Bertz CT molecular complexity index is 680. The van der Waals surface area contributed by atoms with Crippen molar-refractivity contribution in [3.8, 4) is 34.6 Å². The number of rotatable bonds is 6.